The molecule has 0 amide bonds. The van der Waals surface area contributed by atoms with Crippen LogP contribution < -0.4 is 4.74 Å². The zero-order valence-corrected chi connectivity index (χ0v) is 17.6. The lowest BCUT2D eigenvalue weighted by atomic mass is 10.1. The number of fused-ring (bicyclic) bond motifs is 2. The number of carbonyl (C=O) groups is 2. The van der Waals surface area contributed by atoms with Gasteiger partial charge in [-0.2, -0.15) is 0 Å². The molecular weight excluding hydrogens is 422 g/mol. The van der Waals surface area contributed by atoms with E-state index >= 15 is 0 Å². The van der Waals surface area contributed by atoms with E-state index in [2.05, 4.69) is 16.8 Å². The van der Waals surface area contributed by atoms with Gasteiger partial charge in [0.1, 0.15) is 17.3 Å². The summed E-state index contributed by atoms with van der Waals surface area (Å²) in [5.74, 6) is 0.0116. The zero-order chi connectivity index (χ0) is 22.4. The van der Waals surface area contributed by atoms with Crippen molar-refractivity contribution in [3.05, 3.63) is 65.2 Å². The lowest BCUT2D eigenvalue weighted by molar-refractivity contribution is -0.134. The van der Waals surface area contributed by atoms with Gasteiger partial charge in [0.25, 0.3) is 0 Å². The van der Waals surface area contributed by atoms with Crippen molar-refractivity contribution in [1.82, 2.24) is 9.80 Å². The average Bonchev–Trinajstić information content (AvgIpc) is 2.90. The van der Waals surface area contributed by atoms with E-state index < -0.39 is 11.9 Å². The van der Waals surface area contributed by atoms with E-state index in [1.54, 1.807) is 0 Å². The molecular formula is C22H22ClN3O5. The first-order valence-electron chi connectivity index (χ1n) is 9.56. The Hall–Kier alpha value is -3.36. The van der Waals surface area contributed by atoms with Crippen LogP contribution in [0.15, 0.2) is 59.6 Å². The first-order chi connectivity index (χ1) is 14.8. The molecule has 0 saturated carbocycles. The molecule has 2 aromatic rings. The van der Waals surface area contributed by atoms with Crippen LogP contribution in [0.25, 0.3) is 0 Å². The Morgan fingerprint density at radius 3 is 2.29 bits per heavy atom. The number of ether oxygens (including phenoxy) is 1. The monoisotopic (exact) mass is 443 g/mol. The van der Waals surface area contributed by atoms with Crippen molar-refractivity contribution < 1.29 is 24.5 Å². The van der Waals surface area contributed by atoms with Crippen LogP contribution >= 0.6 is 11.6 Å². The van der Waals surface area contributed by atoms with Gasteiger partial charge < -0.3 is 24.7 Å². The molecule has 9 heteroatoms. The summed E-state index contributed by atoms with van der Waals surface area (Å²) in [6.07, 6.45) is 1.12. The van der Waals surface area contributed by atoms with Gasteiger partial charge >= 0.3 is 11.9 Å². The van der Waals surface area contributed by atoms with E-state index in [1.165, 1.54) is 0 Å². The highest BCUT2D eigenvalue weighted by Gasteiger charge is 2.25. The third kappa shape index (κ3) is 6.07. The number of halogens is 1. The number of para-hydroxylation sites is 2. The minimum atomic E-state index is -1.26. The van der Waals surface area contributed by atoms with E-state index in [4.69, 9.17) is 31.5 Å². The van der Waals surface area contributed by atoms with Crippen molar-refractivity contribution in [2.24, 2.45) is 4.99 Å². The molecule has 1 fully saturated rings. The summed E-state index contributed by atoms with van der Waals surface area (Å²) in [6.45, 7) is 3.95. The molecule has 2 aliphatic heterocycles. The SMILES string of the molecule is CN1CCN(C2=Nc3ccccc3Oc3ccc(Cl)cc32)CC1.O=C(O)/C=C\C(=O)O. The number of carboxylic acids is 2. The van der Waals surface area contributed by atoms with Crippen LogP contribution in [0.4, 0.5) is 5.69 Å². The number of hydrogen-bond donors (Lipinski definition) is 2. The molecule has 0 atom stereocenters. The fourth-order valence-corrected chi connectivity index (χ4v) is 3.27. The minimum absolute atomic E-state index is 0.558. The van der Waals surface area contributed by atoms with Gasteiger partial charge in [-0.3, -0.25) is 0 Å². The molecule has 0 spiro atoms. The molecule has 2 N–H and O–H groups in total. The summed E-state index contributed by atoms with van der Waals surface area (Å²) in [7, 11) is 2.15. The van der Waals surface area contributed by atoms with Gasteiger partial charge in [-0.1, -0.05) is 23.7 Å². The Morgan fingerprint density at radius 2 is 1.65 bits per heavy atom. The lowest BCUT2D eigenvalue weighted by Gasteiger charge is -2.34. The maximum atomic E-state index is 9.55. The van der Waals surface area contributed by atoms with E-state index in [0.29, 0.717) is 17.2 Å². The first-order valence-corrected chi connectivity index (χ1v) is 9.94. The van der Waals surface area contributed by atoms with Gasteiger partial charge in [0.05, 0.1) is 5.56 Å². The van der Waals surface area contributed by atoms with Crippen LogP contribution in [-0.2, 0) is 9.59 Å². The Kier molecular flexibility index (Phi) is 7.28. The van der Waals surface area contributed by atoms with Gasteiger partial charge in [-0.15, -0.1) is 0 Å². The summed E-state index contributed by atoms with van der Waals surface area (Å²) in [6, 6.07) is 13.6. The van der Waals surface area contributed by atoms with Crippen molar-refractivity contribution >= 4 is 35.1 Å². The van der Waals surface area contributed by atoms with Gasteiger partial charge in [-0.25, -0.2) is 14.6 Å². The molecule has 31 heavy (non-hydrogen) atoms. The van der Waals surface area contributed by atoms with Gasteiger partial charge in [-0.05, 0) is 37.4 Å². The van der Waals surface area contributed by atoms with Crippen LogP contribution in [0.2, 0.25) is 5.02 Å². The van der Waals surface area contributed by atoms with Gasteiger partial charge in [0.15, 0.2) is 5.75 Å². The van der Waals surface area contributed by atoms with Crippen LogP contribution in [0, 0.1) is 0 Å². The van der Waals surface area contributed by atoms with Crippen molar-refractivity contribution in [1.29, 1.82) is 0 Å². The van der Waals surface area contributed by atoms with Crippen molar-refractivity contribution in [3.8, 4) is 11.5 Å². The number of amidine groups is 1. The molecule has 2 aliphatic rings. The number of aliphatic imine (C=N–C) groups is 1. The number of benzene rings is 2. The van der Waals surface area contributed by atoms with Crippen LogP contribution in [0.1, 0.15) is 5.56 Å². The average molecular weight is 444 g/mol. The molecule has 162 valence electrons. The standard InChI is InChI=1S/C18H18ClN3O.C4H4O4/c1-21-8-10-22(11-9-21)18-14-12-13(19)6-7-16(14)23-17-5-3-2-4-15(17)20-18;5-3(6)1-2-4(7)8/h2-7,12H,8-11H2,1H3;1-2H,(H,5,6)(H,7,8)/b;2-1-. The highest BCUT2D eigenvalue weighted by atomic mass is 35.5. The molecule has 0 radical (unpaired) electrons. The molecule has 0 unspecified atom stereocenters. The zero-order valence-electron chi connectivity index (χ0n) is 16.9. The van der Waals surface area contributed by atoms with E-state index in [1.807, 2.05) is 42.5 Å². The number of aliphatic carboxylic acids is 2. The van der Waals surface area contributed by atoms with Crippen LogP contribution in [0.3, 0.4) is 0 Å². The lowest BCUT2D eigenvalue weighted by Crippen LogP contribution is -2.47. The summed E-state index contributed by atoms with van der Waals surface area (Å²) >= 11 is 6.23. The highest BCUT2D eigenvalue weighted by Crippen LogP contribution is 2.38. The summed E-state index contributed by atoms with van der Waals surface area (Å²) < 4.78 is 6.09. The number of nitrogens with zero attached hydrogens (tertiary/aromatic N) is 3. The highest BCUT2D eigenvalue weighted by molar-refractivity contribution is 6.31. The molecule has 1 saturated heterocycles. The molecule has 0 aromatic heterocycles. The molecule has 8 nitrogen and oxygen atoms in total. The third-order valence-corrected chi connectivity index (χ3v) is 4.90. The van der Waals surface area contributed by atoms with E-state index in [9.17, 15) is 9.59 Å². The normalized spacial score (nSPS) is 15.5. The fraction of sp³-hybridized carbons (Fsp3) is 0.227. The minimum Gasteiger partial charge on any atom is -0.478 e. The van der Waals surface area contributed by atoms with Crippen molar-refractivity contribution in [3.63, 3.8) is 0 Å². The number of piperazine rings is 1. The second-order valence-electron chi connectivity index (χ2n) is 6.95. The maximum Gasteiger partial charge on any atom is 0.328 e. The third-order valence-electron chi connectivity index (χ3n) is 4.67. The molecule has 4 rings (SSSR count). The number of likely N-dealkylation sites (N-methyl/N-ethyl adjacent to an activating group) is 1. The Balaban J connectivity index is 0.000000293. The van der Waals surface area contributed by atoms with Crippen LogP contribution in [0.5, 0.6) is 11.5 Å². The quantitative estimate of drug-likeness (QED) is 0.685. The molecule has 2 heterocycles. The maximum absolute atomic E-state index is 9.55. The Bertz CT molecular complexity index is 1010. The van der Waals surface area contributed by atoms with Gasteiger partial charge in [0, 0.05) is 43.4 Å². The number of rotatable bonds is 2. The fourth-order valence-electron chi connectivity index (χ4n) is 3.10. The molecule has 0 aliphatic carbocycles. The second kappa shape index (κ2) is 10.1. The van der Waals surface area contributed by atoms with E-state index in [0.717, 1.165) is 54.8 Å². The topological polar surface area (TPSA) is 103 Å². The number of hydrogen-bond acceptors (Lipinski definition) is 6. The Labute approximate surface area is 184 Å². The first kappa shape index (κ1) is 22.3. The van der Waals surface area contributed by atoms with Crippen LogP contribution in [-0.4, -0.2) is 71.0 Å². The van der Waals surface area contributed by atoms with Crippen molar-refractivity contribution in [2.75, 3.05) is 33.2 Å². The predicted octanol–water partition coefficient (Wildman–Crippen LogP) is 3.48. The molecule has 0 bridgehead atoms. The Morgan fingerprint density at radius 1 is 1.00 bits per heavy atom. The second-order valence-corrected chi connectivity index (χ2v) is 7.38. The molecule has 2 aromatic carbocycles. The van der Waals surface area contributed by atoms with E-state index in [-0.39, 0.29) is 0 Å². The smallest absolute Gasteiger partial charge is 0.328 e. The largest absolute Gasteiger partial charge is 0.478 e. The summed E-state index contributed by atoms with van der Waals surface area (Å²) in [5.41, 5.74) is 1.81. The predicted molar refractivity (Wildman–Crippen MR) is 118 cm³/mol. The van der Waals surface area contributed by atoms with Crippen molar-refractivity contribution in [2.45, 2.75) is 0 Å². The summed E-state index contributed by atoms with van der Waals surface area (Å²) in [5, 5.41) is 16.3. The number of carboxylic acid groups (broad SMARTS) is 2. The van der Waals surface area contributed by atoms with Gasteiger partial charge in [0.2, 0.25) is 0 Å². The summed E-state index contributed by atoms with van der Waals surface area (Å²) in [4.78, 5) is 28.7.